The molecule has 1 aliphatic rings. The third kappa shape index (κ3) is 4.89. The Hall–Kier alpha value is -0.900. The second-order valence-electron chi connectivity index (χ2n) is 6.38. The fraction of sp³-hybridized carbons (Fsp3) is 0.647. The monoisotopic (exact) mass is 276 g/mol. The zero-order chi connectivity index (χ0) is 14.4. The van der Waals surface area contributed by atoms with Crippen molar-refractivity contribution in [2.24, 2.45) is 0 Å². The molecule has 0 amide bonds. The van der Waals surface area contributed by atoms with Crippen LogP contribution in [0.15, 0.2) is 30.3 Å². The van der Waals surface area contributed by atoms with Crippen LogP contribution in [0.3, 0.4) is 0 Å². The van der Waals surface area contributed by atoms with Gasteiger partial charge in [-0.2, -0.15) is 0 Å². The van der Waals surface area contributed by atoms with Crippen LogP contribution in [0.5, 0.6) is 0 Å². The van der Waals surface area contributed by atoms with E-state index in [2.05, 4.69) is 54.4 Å². The molecule has 0 bridgehead atoms. The van der Waals surface area contributed by atoms with Gasteiger partial charge >= 0.3 is 0 Å². The predicted octanol–water partition coefficient (Wildman–Crippen LogP) is 2.67. The van der Waals surface area contributed by atoms with Crippen molar-refractivity contribution in [3.05, 3.63) is 35.9 Å². The minimum Gasteiger partial charge on any atom is -0.377 e. The molecule has 3 nitrogen and oxygen atoms in total. The van der Waals surface area contributed by atoms with Gasteiger partial charge in [0.25, 0.3) is 0 Å². The molecule has 1 saturated heterocycles. The Morgan fingerprint density at radius 1 is 1.20 bits per heavy atom. The van der Waals surface area contributed by atoms with E-state index in [1.54, 1.807) is 7.11 Å². The van der Waals surface area contributed by atoms with Gasteiger partial charge in [-0.15, -0.1) is 0 Å². The number of rotatable bonds is 6. The van der Waals surface area contributed by atoms with E-state index in [-0.39, 0.29) is 5.60 Å². The van der Waals surface area contributed by atoms with Gasteiger partial charge in [0.1, 0.15) is 0 Å². The number of benzene rings is 1. The molecule has 0 aliphatic carbocycles. The first-order valence-electron chi connectivity index (χ1n) is 7.64. The zero-order valence-electron chi connectivity index (χ0n) is 13.1. The number of nitrogens with one attached hydrogen (secondary N) is 1. The van der Waals surface area contributed by atoms with Crippen molar-refractivity contribution in [1.29, 1.82) is 0 Å². The van der Waals surface area contributed by atoms with Gasteiger partial charge in [-0.25, -0.2) is 0 Å². The van der Waals surface area contributed by atoms with Crippen molar-refractivity contribution >= 4 is 0 Å². The number of hydrogen-bond acceptors (Lipinski definition) is 3. The molecule has 1 aliphatic heterocycles. The lowest BCUT2D eigenvalue weighted by Crippen LogP contribution is -2.47. The highest BCUT2D eigenvalue weighted by molar-refractivity contribution is 5.14. The Morgan fingerprint density at radius 2 is 1.85 bits per heavy atom. The quantitative estimate of drug-likeness (QED) is 0.864. The number of nitrogens with zero attached hydrogens (tertiary/aromatic N) is 1. The van der Waals surface area contributed by atoms with Gasteiger partial charge in [0.05, 0.1) is 5.60 Å². The fourth-order valence-electron chi connectivity index (χ4n) is 2.60. The number of methoxy groups -OCH3 is 1. The summed E-state index contributed by atoms with van der Waals surface area (Å²) in [5, 5.41) is 3.65. The summed E-state index contributed by atoms with van der Waals surface area (Å²) in [6, 6.07) is 11.4. The number of piperidine rings is 1. The van der Waals surface area contributed by atoms with Gasteiger partial charge in [0.2, 0.25) is 0 Å². The minimum atomic E-state index is -0.0683. The molecule has 0 spiro atoms. The van der Waals surface area contributed by atoms with Crippen LogP contribution in [0.2, 0.25) is 0 Å². The van der Waals surface area contributed by atoms with Crippen LogP contribution in [0.1, 0.15) is 32.3 Å². The highest BCUT2D eigenvalue weighted by Gasteiger charge is 2.22. The highest BCUT2D eigenvalue weighted by atomic mass is 16.5. The van der Waals surface area contributed by atoms with Crippen molar-refractivity contribution in [3.8, 4) is 0 Å². The van der Waals surface area contributed by atoms with E-state index >= 15 is 0 Å². The maximum atomic E-state index is 5.46. The van der Waals surface area contributed by atoms with Crippen molar-refractivity contribution in [1.82, 2.24) is 10.2 Å². The first kappa shape index (κ1) is 15.5. The van der Waals surface area contributed by atoms with Crippen LogP contribution in [0, 0.1) is 0 Å². The first-order valence-corrected chi connectivity index (χ1v) is 7.64. The van der Waals surface area contributed by atoms with Crippen LogP contribution in [-0.2, 0) is 11.3 Å². The van der Waals surface area contributed by atoms with E-state index in [4.69, 9.17) is 4.74 Å². The van der Waals surface area contributed by atoms with Gasteiger partial charge in [-0.3, -0.25) is 4.90 Å². The van der Waals surface area contributed by atoms with E-state index in [0.717, 1.165) is 13.1 Å². The molecule has 0 atom stereocenters. The first-order chi connectivity index (χ1) is 9.59. The number of likely N-dealkylation sites (tertiary alicyclic amines) is 1. The van der Waals surface area contributed by atoms with Crippen LogP contribution in [0.4, 0.5) is 0 Å². The Morgan fingerprint density at radius 3 is 2.45 bits per heavy atom. The summed E-state index contributed by atoms with van der Waals surface area (Å²) in [5.74, 6) is 0. The summed E-state index contributed by atoms with van der Waals surface area (Å²) in [5.41, 5.74) is 1.35. The van der Waals surface area contributed by atoms with Crippen molar-refractivity contribution < 1.29 is 4.74 Å². The largest absolute Gasteiger partial charge is 0.377 e. The van der Waals surface area contributed by atoms with Crippen molar-refractivity contribution in [3.63, 3.8) is 0 Å². The number of hydrogen-bond donors (Lipinski definition) is 1. The fourth-order valence-corrected chi connectivity index (χ4v) is 2.60. The molecule has 0 aromatic heterocycles. The summed E-state index contributed by atoms with van der Waals surface area (Å²) < 4.78 is 5.46. The smallest absolute Gasteiger partial charge is 0.0746 e. The van der Waals surface area contributed by atoms with Crippen LogP contribution in [-0.4, -0.2) is 43.3 Å². The lowest BCUT2D eigenvalue weighted by atomic mass is 10.0. The molecule has 0 unspecified atom stereocenters. The standard InChI is InChI=1S/C17H28N2O/c1-17(2,20-3)14-18-16-9-11-19(12-10-16)13-15-7-5-4-6-8-15/h4-8,16,18H,9-14H2,1-3H3. The van der Waals surface area contributed by atoms with E-state index in [1.165, 1.54) is 31.5 Å². The van der Waals surface area contributed by atoms with E-state index in [1.807, 2.05) is 0 Å². The highest BCUT2D eigenvalue weighted by Crippen LogP contribution is 2.15. The number of ether oxygens (including phenoxy) is 1. The molecule has 20 heavy (non-hydrogen) atoms. The molecule has 3 heteroatoms. The average Bonchev–Trinajstić information content (AvgIpc) is 2.48. The summed E-state index contributed by atoms with van der Waals surface area (Å²) in [6.07, 6.45) is 2.46. The Labute approximate surface area is 123 Å². The maximum absolute atomic E-state index is 5.46. The van der Waals surface area contributed by atoms with Crippen molar-refractivity contribution in [2.45, 2.75) is 44.9 Å². The van der Waals surface area contributed by atoms with Gasteiger partial charge in [-0.1, -0.05) is 30.3 Å². The molecular weight excluding hydrogens is 248 g/mol. The van der Waals surface area contributed by atoms with Gasteiger partial charge in [-0.05, 0) is 45.3 Å². The van der Waals surface area contributed by atoms with E-state index < -0.39 is 0 Å². The SMILES string of the molecule is COC(C)(C)CNC1CCN(Cc2ccccc2)CC1. The normalized spacial score (nSPS) is 18.4. The molecule has 1 aromatic carbocycles. The van der Waals surface area contributed by atoms with Crippen molar-refractivity contribution in [2.75, 3.05) is 26.7 Å². The Kier molecular flexibility index (Phi) is 5.58. The van der Waals surface area contributed by atoms with E-state index in [9.17, 15) is 0 Å². The summed E-state index contributed by atoms with van der Waals surface area (Å²) in [4.78, 5) is 2.55. The molecule has 1 heterocycles. The summed E-state index contributed by atoms with van der Waals surface area (Å²) in [7, 11) is 1.78. The Balaban J connectivity index is 1.70. The Bertz CT molecular complexity index is 383. The zero-order valence-corrected chi connectivity index (χ0v) is 13.1. The minimum absolute atomic E-state index is 0.0683. The van der Waals surface area contributed by atoms with Crippen LogP contribution in [0.25, 0.3) is 0 Å². The molecule has 2 rings (SSSR count). The molecule has 0 radical (unpaired) electrons. The maximum Gasteiger partial charge on any atom is 0.0746 e. The summed E-state index contributed by atoms with van der Waals surface area (Å²) in [6.45, 7) is 8.62. The lowest BCUT2D eigenvalue weighted by molar-refractivity contribution is 0.0188. The summed E-state index contributed by atoms with van der Waals surface area (Å²) >= 11 is 0. The topological polar surface area (TPSA) is 24.5 Å². The second-order valence-corrected chi connectivity index (χ2v) is 6.38. The lowest BCUT2D eigenvalue weighted by Gasteiger charge is -2.34. The third-order valence-corrected chi connectivity index (χ3v) is 4.21. The van der Waals surface area contributed by atoms with Crippen LogP contribution >= 0.6 is 0 Å². The second kappa shape index (κ2) is 7.21. The van der Waals surface area contributed by atoms with Gasteiger partial charge in [0, 0.05) is 26.2 Å². The average molecular weight is 276 g/mol. The van der Waals surface area contributed by atoms with E-state index in [0.29, 0.717) is 6.04 Å². The molecule has 0 saturated carbocycles. The molecule has 112 valence electrons. The predicted molar refractivity (Wildman–Crippen MR) is 83.8 cm³/mol. The van der Waals surface area contributed by atoms with Gasteiger partial charge in [0.15, 0.2) is 0 Å². The molecule has 1 fully saturated rings. The molecule has 1 aromatic rings. The molecular formula is C17H28N2O. The molecule has 1 N–H and O–H groups in total. The van der Waals surface area contributed by atoms with Crippen LogP contribution < -0.4 is 5.32 Å². The third-order valence-electron chi connectivity index (χ3n) is 4.21. The van der Waals surface area contributed by atoms with Gasteiger partial charge < -0.3 is 10.1 Å².